The molecule has 1 aromatic rings. The molecule has 0 aliphatic heterocycles. The summed E-state index contributed by atoms with van der Waals surface area (Å²) in [6.45, 7) is 0. The van der Waals surface area contributed by atoms with Gasteiger partial charge in [-0.25, -0.2) is 0 Å². The van der Waals surface area contributed by atoms with Crippen molar-refractivity contribution in [2.24, 2.45) is 0 Å². The summed E-state index contributed by atoms with van der Waals surface area (Å²) < 4.78 is 0. The summed E-state index contributed by atoms with van der Waals surface area (Å²) in [4.78, 5) is 0. The van der Waals surface area contributed by atoms with E-state index in [1.807, 2.05) is 0 Å². The number of nitrogen functional groups attached to an aromatic ring is 1. The van der Waals surface area contributed by atoms with E-state index < -0.39 is 0 Å². The Bertz CT molecular complexity index is 376. The van der Waals surface area contributed by atoms with Crippen LogP contribution in [0.3, 0.4) is 0 Å². The maximum atomic E-state index is 5.85. The van der Waals surface area contributed by atoms with Gasteiger partial charge in [-0.3, -0.25) is 0 Å². The first-order valence-corrected chi connectivity index (χ1v) is 4.73. The number of alkyl halides is 1. The SMILES string of the molecule is Nc1cc(Cl)c(C#CCCl)cc1Cl. The van der Waals surface area contributed by atoms with Gasteiger partial charge in [0.1, 0.15) is 0 Å². The van der Waals surface area contributed by atoms with Gasteiger partial charge in [-0.15, -0.1) is 11.6 Å². The molecule has 0 amide bonds. The number of benzene rings is 1. The number of halogens is 3. The zero-order valence-electron chi connectivity index (χ0n) is 6.57. The summed E-state index contributed by atoms with van der Waals surface area (Å²) in [6.07, 6.45) is 0. The molecular weight excluding hydrogens is 228 g/mol. The Morgan fingerprint density at radius 1 is 1.23 bits per heavy atom. The molecule has 68 valence electrons. The average molecular weight is 235 g/mol. The van der Waals surface area contributed by atoms with E-state index >= 15 is 0 Å². The Hall–Kier alpha value is -0.550. The minimum absolute atomic E-state index is 0.262. The van der Waals surface area contributed by atoms with Crippen molar-refractivity contribution in [2.75, 3.05) is 11.6 Å². The van der Waals surface area contributed by atoms with Crippen LogP contribution in [0.5, 0.6) is 0 Å². The van der Waals surface area contributed by atoms with Crippen molar-refractivity contribution in [2.45, 2.75) is 0 Å². The highest BCUT2D eigenvalue weighted by Gasteiger charge is 2.02. The number of hydrogen-bond acceptors (Lipinski definition) is 1. The third kappa shape index (κ3) is 2.70. The summed E-state index contributed by atoms with van der Waals surface area (Å²) in [5, 5.41) is 0.933. The molecule has 1 rings (SSSR count). The quantitative estimate of drug-likeness (QED) is 0.416. The van der Waals surface area contributed by atoms with Gasteiger partial charge in [0, 0.05) is 5.56 Å². The summed E-state index contributed by atoms with van der Waals surface area (Å²) in [5.74, 6) is 5.72. The van der Waals surface area contributed by atoms with Crippen molar-refractivity contribution >= 4 is 40.5 Å². The molecule has 13 heavy (non-hydrogen) atoms. The molecule has 0 aliphatic rings. The molecule has 0 aromatic heterocycles. The lowest BCUT2D eigenvalue weighted by molar-refractivity contribution is 1.62. The van der Waals surface area contributed by atoms with Gasteiger partial charge in [0.15, 0.2) is 0 Å². The Kier molecular flexibility index (Phi) is 3.74. The normalized spacial score (nSPS) is 9.15. The standard InChI is InChI=1S/C9H6Cl3N/c10-3-1-2-6-4-8(12)9(13)5-7(6)11/h4-5H,3,13H2. The van der Waals surface area contributed by atoms with Crippen LogP contribution in [-0.4, -0.2) is 5.88 Å². The molecule has 0 radical (unpaired) electrons. The lowest BCUT2D eigenvalue weighted by atomic mass is 10.2. The second-order valence-corrected chi connectivity index (χ2v) is 3.37. The molecule has 0 unspecified atom stereocenters. The van der Waals surface area contributed by atoms with E-state index in [-0.39, 0.29) is 5.88 Å². The summed E-state index contributed by atoms with van der Waals surface area (Å²) in [6, 6.07) is 3.20. The third-order valence-corrected chi connectivity index (χ3v) is 2.15. The molecule has 0 fully saturated rings. The summed E-state index contributed by atoms with van der Waals surface area (Å²) >= 11 is 17.0. The number of nitrogens with two attached hydrogens (primary N) is 1. The Morgan fingerprint density at radius 3 is 2.54 bits per heavy atom. The van der Waals surface area contributed by atoms with E-state index in [1.54, 1.807) is 12.1 Å². The monoisotopic (exact) mass is 233 g/mol. The first-order valence-electron chi connectivity index (χ1n) is 3.44. The van der Waals surface area contributed by atoms with E-state index in [1.165, 1.54) is 0 Å². The highest BCUT2D eigenvalue weighted by molar-refractivity contribution is 6.35. The Morgan fingerprint density at radius 2 is 1.92 bits per heavy atom. The van der Waals surface area contributed by atoms with Crippen molar-refractivity contribution in [3.05, 3.63) is 27.7 Å². The fourth-order valence-electron chi connectivity index (χ4n) is 0.787. The van der Waals surface area contributed by atoms with Gasteiger partial charge in [-0.05, 0) is 12.1 Å². The lowest BCUT2D eigenvalue weighted by Crippen LogP contribution is -1.88. The van der Waals surface area contributed by atoms with Crippen LogP contribution in [0.25, 0.3) is 0 Å². The molecule has 0 aliphatic carbocycles. The molecule has 0 bridgehead atoms. The molecule has 2 N–H and O–H groups in total. The van der Waals surface area contributed by atoms with Gasteiger partial charge in [-0.1, -0.05) is 35.0 Å². The van der Waals surface area contributed by atoms with Crippen LogP contribution in [0.4, 0.5) is 5.69 Å². The van der Waals surface area contributed by atoms with Gasteiger partial charge >= 0.3 is 0 Å². The van der Waals surface area contributed by atoms with Crippen molar-refractivity contribution < 1.29 is 0 Å². The van der Waals surface area contributed by atoms with Crippen LogP contribution < -0.4 is 5.73 Å². The van der Waals surface area contributed by atoms with Gasteiger partial charge in [-0.2, -0.15) is 0 Å². The Labute approximate surface area is 91.8 Å². The van der Waals surface area contributed by atoms with Crippen molar-refractivity contribution in [1.29, 1.82) is 0 Å². The average Bonchev–Trinajstić information content (AvgIpc) is 2.09. The van der Waals surface area contributed by atoms with Crippen LogP contribution in [-0.2, 0) is 0 Å². The topological polar surface area (TPSA) is 26.0 Å². The first-order chi connectivity index (χ1) is 6.15. The first kappa shape index (κ1) is 10.5. The minimum atomic E-state index is 0.262. The molecule has 0 saturated carbocycles. The molecule has 0 saturated heterocycles. The number of rotatable bonds is 0. The predicted molar refractivity (Wildman–Crippen MR) is 58.5 cm³/mol. The molecule has 1 aromatic carbocycles. The van der Waals surface area contributed by atoms with Crippen molar-refractivity contribution in [3.8, 4) is 11.8 Å². The van der Waals surface area contributed by atoms with Crippen molar-refractivity contribution in [3.63, 3.8) is 0 Å². The zero-order chi connectivity index (χ0) is 9.84. The third-order valence-electron chi connectivity index (χ3n) is 1.38. The van der Waals surface area contributed by atoms with Crippen molar-refractivity contribution in [1.82, 2.24) is 0 Å². The van der Waals surface area contributed by atoms with Crippen LogP contribution >= 0.6 is 34.8 Å². The minimum Gasteiger partial charge on any atom is -0.397 e. The van der Waals surface area contributed by atoms with Crippen LogP contribution in [0, 0.1) is 11.8 Å². The molecule has 4 heteroatoms. The molecule has 0 atom stereocenters. The van der Waals surface area contributed by atoms with Gasteiger partial charge < -0.3 is 5.73 Å². The van der Waals surface area contributed by atoms with Crippen LogP contribution in [0.2, 0.25) is 10.0 Å². The second kappa shape index (κ2) is 4.62. The Balaban J connectivity index is 3.16. The van der Waals surface area contributed by atoms with E-state index in [0.717, 1.165) is 0 Å². The fraction of sp³-hybridized carbons (Fsp3) is 0.111. The summed E-state index contributed by atoms with van der Waals surface area (Å²) in [5.41, 5.74) is 6.62. The molecule has 1 nitrogen and oxygen atoms in total. The molecule has 0 spiro atoms. The van der Waals surface area contributed by atoms with E-state index in [9.17, 15) is 0 Å². The summed E-state index contributed by atoms with van der Waals surface area (Å²) in [7, 11) is 0. The van der Waals surface area contributed by atoms with E-state index in [2.05, 4.69) is 11.8 Å². The highest BCUT2D eigenvalue weighted by Crippen LogP contribution is 2.26. The number of anilines is 1. The van der Waals surface area contributed by atoms with Crippen LogP contribution in [0.15, 0.2) is 12.1 Å². The maximum Gasteiger partial charge on any atom is 0.0839 e. The smallest absolute Gasteiger partial charge is 0.0839 e. The number of hydrogen-bond donors (Lipinski definition) is 1. The zero-order valence-corrected chi connectivity index (χ0v) is 8.84. The highest BCUT2D eigenvalue weighted by atomic mass is 35.5. The second-order valence-electron chi connectivity index (χ2n) is 2.29. The van der Waals surface area contributed by atoms with Gasteiger partial charge in [0.05, 0.1) is 21.6 Å². The fourth-order valence-corrected chi connectivity index (χ4v) is 1.24. The largest absolute Gasteiger partial charge is 0.397 e. The predicted octanol–water partition coefficient (Wildman–Crippen LogP) is 3.17. The van der Waals surface area contributed by atoms with E-state index in [4.69, 9.17) is 40.5 Å². The molecule has 0 heterocycles. The van der Waals surface area contributed by atoms with Gasteiger partial charge in [0.2, 0.25) is 0 Å². The van der Waals surface area contributed by atoms with Gasteiger partial charge in [0.25, 0.3) is 0 Å². The molecular formula is C9H6Cl3N. The van der Waals surface area contributed by atoms with E-state index in [0.29, 0.717) is 21.3 Å². The lowest BCUT2D eigenvalue weighted by Gasteiger charge is -2.00. The van der Waals surface area contributed by atoms with Crippen LogP contribution in [0.1, 0.15) is 5.56 Å². The maximum absolute atomic E-state index is 5.85.